The molecule has 1 aromatic heterocycles. The highest BCUT2D eigenvalue weighted by Crippen LogP contribution is 2.24. The largest absolute Gasteiger partial charge is 0.381 e. The molecule has 0 saturated heterocycles. The van der Waals surface area contributed by atoms with Crippen LogP contribution in [0.2, 0.25) is 0 Å². The Labute approximate surface area is 125 Å². The van der Waals surface area contributed by atoms with Gasteiger partial charge in [-0.15, -0.1) is 0 Å². The first-order chi connectivity index (χ1) is 10.1. The van der Waals surface area contributed by atoms with Crippen molar-refractivity contribution in [2.75, 3.05) is 18.5 Å². The van der Waals surface area contributed by atoms with Crippen LogP contribution in [0.5, 0.6) is 0 Å². The van der Waals surface area contributed by atoms with Gasteiger partial charge in [-0.05, 0) is 36.6 Å². The highest BCUT2D eigenvalue weighted by Gasteiger charge is 2.08. The van der Waals surface area contributed by atoms with Gasteiger partial charge in [0.15, 0.2) is 0 Å². The van der Waals surface area contributed by atoms with Crippen LogP contribution in [0.4, 0.5) is 5.69 Å². The standard InChI is InChI=1S/C17H22N2O2/c1-12(2)11-21-10-8-16(20)19-15-7-6-13(3)17-14(15)5-4-9-18-17/h4-7,9,12H,8,10-11H2,1-3H3,(H,19,20). The van der Waals surface area contributed by atoms with Gasteiger partial charge in [0.2, 0.25) is 5.91 Å². The molecule has 1 aromatic carbocycles. The van der Waals surface area contributed by atoms with Crippen LogP contribution in [0, 0.1) is 12.8 Å². The molecule has 1 N–H and O–H groups in total. The Morgan fingerprint density at radius 3 is 2.90 bits per heavy atom. The molecule has 4 heteroatoms. The van der Waals surface area contributed by atoms with Gasteiger partial charge >= 0.3 is 0 Å². The molecule has 0 bridgehead atoms. The Hall–Kier alpha value is -1.94. The highest BCUT2D eigenvalue weighted by molar-refractivity contribution is 6.01. The van der Waals surface area contributed by atoms with E-state index in [2.05, 4.69) is 24.1 Å². The summed E-state index contributed by atoms with van der Waals surface area (Å²) in [6, 6.07) is 7.75. The molecule has 0 fully saturated rings. The number of nitrogens with one attached hydrogen (secondary N) is 1. The van der Waals surface area contributed by atoms with Crippen molar-refractivity contribution in [3.05, 3.63) is 36.0 Å². The summed E-state index contributed by atoms with van der Waals surface area (Å²) in [5.74, 6) is 0.452. The Balaban J connectivity index is 2.00. The number of ether oxygens (including phenoxy) is 1. The Bertz CT molecular complexity index is 623. The first-order valence-corrected chi connectivity index (χ1v) is 7.30. The molecular formula is C17H22N2O2. The number of anilines is 1. The smallest absolute Gasteiger partial charge is 0.226 e. The fourth-order valence-corrected chi connectivity index (χ4v) is 2.12. The van der Waals surface area contributed by atoms with Gasteiger partial charge in [-0.3, -0.25) is 9.78 Å². The first kappa shape index (κ1) is 15.4. The summed E-state index contributed by atoms with van der Waals surface area (Å²) in [7, 11) is 0. The molecule has 1 heterocycles. The van der Waals surface area contributed by atoms with Crippen molar-refractivity contribution >= 4 is 22.5 Å². The number of aryl methyl sites for hydroxylation is 1. The summed E-state index contributed by atoms with van der Waals surface area (Å²) in [4.78, 5) is 16.3. The number of hydrogen-bond donors (Lipinski definition) is 1. The minimum absolute atomic E-state index is 0.0345. The second-order valence-electron chi connectivity index (χ2n) is 5.60. The molecule has 0 radical (unpaired) electrons. The van der Waals surface area contributed by atoms with E-state index >= 15 is 0 Å². The Morgan fingerprint density at radius 2 is 2.14 bits per heavy atom. The van der Waals surface area contributed by atoms with E-state index in [4.69, 9.17) is 4.74 Å². The fraction of sp³-hybridized carbons (Fsp3) is 0.412. The van der Waals surface area contributed by atoms with E-state index in [-0.39, 0.29) is 5.91 Å². The third kappa shape index (κ3) is 4.26. The molecule has 0 aliphatic carbocycles. The molecule has 112 valence electrons. The number of fused-ring (bicyclic) bond motifs is 1. The zero-order valence-electron chi connectivity index (χ0n) is 12.8. The SMILES string of the molecule is Cc1ccc(NC(=O)CCOCC(C)C)c2cccnc12. The zero-order valence-corrected chi connectivity index (χ0v) is 12.8. The number of benzene rings is 1. The third-order valence-corrected chi connectivity index (χ3v) is 3.17. The molecular weight excluding hydrogens is 264 g/mol. The van der Waals surface area contributed by atoms with E-state index in [9.17, 15) is 4.79 Å². The lowest BCUT2D eigenvalue weighted by Crippen LogP contribution is -2.15. The molecule has 2 aromatic rings. The van der Waals surface area contributed by atoms with E-state index in [1.807, 2.05) is 31.2 Å². The lowest BCUT2D eigenvalue weighted by Gasteiger charge is -2.10. The van der Waals surface area contributed by atoms with Crippen LogP contribution in [0.3, 0.4) is 0 Å². The molecule has 4 nitrogen and oxygen atoms in total. The first-order valence-electron chi connectivity index (χ1n) is 7.30. The molecule has 1 amide bonds. The molecule has 0 aliphatic heterocycles. The summed E-state index contributed by atoms with van der Waals surface area (Å²) in [6.45, 7) is 7.33. The maximum atomic E-state index is 12.0. The summed E-state index contributed by atoms with van der Waals surface area (Å²) in [6.07, 6.45) is 2.13. The number of hydrogen-bond acceptors (Lipinski definition) is 3. The van der Waals surface area contributed by atoms with Crippen LogP contribution >= 0.6 is 0 Å². The maximum Gasteiger partial charge on any atom is 0.226 e. The van der Waals surface area contributed by atoms with E-state index in [0.29, 0.717) is 25.6 Å². The highest BCUT2D eigenvalue weighted by atomic mass is 16.5. The van der Waals surface area contributed by atoms with Crippen molar-refractivity contribution < 1.29 is 9.53 Å². The number of aromatic nitrogens is 1. The van der Waals surface area contributed by atoms with Gasteiger partial charge in [-0.25, -0.2) is 0 Å². The van der Waals surface area contributed by atoms with E-state index in [1.54, 1.807) is 6.20 Å². The van der Waals surface area contributed by atoms with Crippen LogP contribution in [0.15, 0.2) is 30.5 Å². The topological polar surface area (TPSA) is 51.2 Å². The maximum absolute atomic E-state index is 12.0. The second kappa shape index (κ2) is 7.18. The molecule has 0 unspecified atom stereocenters. The van der Waals surface area contributed by atoms with Crippen LogP contribution in [0.25, 0.3) is 10.9 Å². The summed E-state index contributed by atoms with van der Waals surface area (Å²) >= 11 is 0. The van der Waals surface area contributed by atoms with Gasteiger partial charge in [0, 0.05) is 18.2 Å². The molecule has 0 aliphatic rings. The second-order valence-corrected chi connectivity index (χ2v) is 5.60. The molecule has 0 spiro atoms. The number of carbonyl (C=O) groups excluding carboxylic acids is 1. The minimum Gasteiger partial charge on any atom is -0.381 e. The quantitative estimate of drug-likeness (QED) is 0.826. The summed E-state index contributed by atoms with van der Waals surface area (Å²) < 4.78 is 5.44. The van der Waals surface area contributed by atoms with Crippen LogP contribution in [0.1, 0.15) is 25.8 Å². The van der Waals surface area contributed by atoms with Crippen molar-refractivity contribution in [1.82, 2.24) is 4.98 Å². The average Bonchev–Trinajstić information content (AvgIpc) is 2.47. The fourth-order valence-electron chi connectivity index (χ4n) is 2.12. The number of pyridine rings is 1. The average molecular weight is 286 g/mol. The van der Waals surface area contributed by atoms with Gasteiger partial charge in [0.25, 0.3) is 0 Å². The van der Waals surface area contributed by atoms with Gasteiger partial charge in [0.05, 0.1) is 24.2 Å². The molecule has 0 atom stereocenters. The lowest BCUT2D eigenvalue weighted by molar-refractivity contribution is -0.117. The summed E-state index contributed by atoms with van der Waals surface area (Å²) in [5, 5.41) is 3.91. The number of amides is 1. The predicted molar refractivity (Wildman–Crippen MR) is 85.4 cm³/mol. The summed E-state index contributed by atoms with van der Waals surface area (Å²) in [5.41, 5.74) is 2.83. The molecule has 21 heavy (non-hydrogen) atoms. The normalized spacial score (nSPS) is 11.0. The van der Waals surface area contributed by atoms with E-state index < -0.39 is 0 Å². The third-order valence-electron chi connectivity index (χ3n) is 3.17. The van der Waals surface area contributed by atoms with Crippen molar-refractivity contribution in [1.29, 1.82) is 0 Å². The van der Waals surface area contributed by atoms with Gasteiger partial charge in [-0.2, -0.15) is 0 Å². The number of nitrogens with zero attached hydrogens (tertiary/aromatic N) is 1. The predicted octanol–water partition coefficient (Wildman–Crippen LogP) is 3.54. The van der Waals surface area contributed by atoms with E-state index in [0.717, 1.165) is 22.2 Å². The zero-order chi connectivity index (χ0) is 15.2. The van der Waals surface area contributed by atoms with Crippen molar-refractivity contribution in [3.8, 4) is 0 Å². The Morgan fingerprint density at radius 1 is 1.33 bits per heavy atom. The number of rotatable bonds is 6. The number of carbonyl (C=O) groups is 1. The van der Waals surface area contributed by atoms with E-state index in [1.165, 1.54) is 0 Å². The molecule has 2 rings (SSSR count). The minimum atomic E-state index is -0.0345. The van der Waals surface area contributed by atoms with Crippen molar-refractivity contribution in [3.63, 3.8) is 0 Å². The lowest BCUT2D eigenvalue weighted by atomic mass is 10.1. The monoisotopic (exact) mass is 286 g/mol. The van der Waals surface area contributed by atoms with Crippen LogP contribution in [-0.4, -0.2) is 24.1 Å². The van der Waals surface area contributed by atoms with Crippen LogP contribution < -0.4 is 5.32 Å². The van der Waals surface area contributed by atoms with Gasteiger partial charge < -0.3 is 10.1 Å². The van der Waals surface area contributed by atoms with Crippen molar-refractivity contribution in [2.45, 2.75) is 27.2 Å². The van der Waals surface area contributed by atoms with Gasteiger partial charge in [-0.1, -0.05) is 19.9 Å². The van der Waals surface area contributed by atoms with Gasteiger partial charge in [0.1, 0.15) is 0 Å². The Kier molecular flexibility index (Phi) is 5.28. The molecule has 0 saturated carbocycles. The van der Waals surface area contributed by atoms with Crippen molar-refractivity contribution in [2.24, 2.45) is 5.92 Å². The van der Waals surface area contributed by atoms with Crippen LogP contribution in [-0.2, 0) is 9.53 Å².